The first kappa shape index (κ1) is 23.0. The number of carbonyl (C=O) groups is 2. The molecule has 2 amide bonds. The molecule has 1 fully saturated rings. The number of nitrogens with one attached hydrogen (secondary N) is 1. The predicted octanol–water partition coefficient (Wildman–Crippen LogP) is 4.82. The molecule has 1 aliphatic carbocycles. The van der Waals surface area contributed by atoms with Gasteiger partial charge in [0.25, 0.3) is 0 Å². The van der Waals surface area contributed by atoms with Crippen molar-refractivity contribution in [1.29, 1.82) is 0 Å². The molecule has 0 radical (unpaired) electrons. The van der Waals surface area contributed by atoms with Crippen molar-refractivity contribution in [3.63, 3.8) is 0 Å². The van der Waals surface area contributed by atoms with Crippen molar-refractivity contribution in [2.75, 3.05) is 13.1 Å². The fourth-order valence-corrected chi connectivity index (χ4v) is 5.02. The summed E-state index contributed by atoms with van der Waals surface area (Å²) in [4.78, 5) is 28.5. The summed E-state index contributed by atoms with van der Waals surface area (Å²) in [5.41, 5.74) is 1.63. The summed E-state index contributed by atoms with van der Waals surface area (Å²) in [6, 6.07) is 20.3. The third-order valence-electron chi connectivity index (χ3n) is 7.22. The smallest absolute Gasteiger partial charge is 0.231 e. The number of hydrogen-bond acceptors (Lipinski definition) is 2. The van der Waals surface area contributed by atoms with Gasteiger partial charge in [0.2, 0.25) is 11.8 Å². The van der Waals surface area contributed by atoms with Gasteiger partial charge in [-0.05, 0) is 43.7 Å². The maximum atomic E-state index is 13.7. The normalized spacial score (nSPS) is 20.3. The molecule has 1 heterocycles. The summed E-state index contributed by atoms with van der Waals surface area (Å²) in [6.07, 6.45) is 11.9. The van der Waals surface area contributed by atoms with Gasteiger partial charge in [-0.15, -0.1) is 0 Å². The third kappa shape index (κ3) is 5.44. The van der Waals surface area contributed by atoms with E-state index >= 15 is 0 Å². The van der Waals surface area contributed by atoms with Gasteiger partial charge in [-0.25, -0.2) is 0 Å². The maximum absolute atomic E-state index is 13.7. The lowest BCUT2D eigenvalue weighted by Crippen LogP contribution is -2.55. The average molecular weight is 443 g/mol. The molecule has 33 heavy (non-hydrogen) atoms. The molecule has 4 rings (SSSR count). The Morgan fingerprint density at radius 3 is 2.30 bits per heavy atom. The van der Waals surface area contributed by atoms with Gasteiger partial charge in [0.1, 0.15) is 0 Å². The highest BCUT2D eigenvalue weighted by atomic mass is 16.2. The Hall–Kier alpha value is -3.14. The van der Waals surface area contributed by atoms with Crippen LogP contribution in [-0.2, 0) is 21.4 Å². The van der Waals surface area contributed by atoms with E-state index in [1.807, 2.05) is 41.3 Å². The van der Waals surface area contributed by atoms with E-state index in [-0.39, 0.29) is 17.9 Å². The zero-order chi connectivity index (χ0) is 23.1. The molecule has 4 heteroatoms. The Balaban J connectivity index is 1.43. The second kappa shape index (κ2) is 10.7. The lowest BCUT2D eigenvalue weighted by molar-refractivity contribution is -0.137. The van der Waals surface area contributed by atoms with Crippen molar-refractivity contribution in [3.8, 4) is 0 Å². The Bertz CT molecular complexity index is 989. The number of allylic oxidation sites excluding steroid dienone is 3. The lowest BCUT2D eigenvalue weighted by atomic mass is 9.71. The largest absolute Gasteiger partial charge is 0.352 e. The lowest BCUT2D eigenvalue weighted by Gasteiger charge is -2.42. The van der Waals surface area contributed by atoms with Crippen LogP contribution in [0.5, 0.6) is 0 Å². The summed E-state index contributed by atoms with van der Waals surface area (Å²) in [5.74, 6) is 0.570. The molecule has 1 N–H and O–H groups in total. The molecule has 0 aromatic heterocycles. The van der Waals surface area contributed by atoms with Crippen LogP contribution in [0.1, 0.15) is 43.7 Å². The average Bonchev–Trinajstić information content (AvgIpc) is 2.89. The number of aryl methyl sites for hydroxylation is 1. The van der Waals surface area contributed by atoms with E-state index in [2.05, 4.69) is 60.8 Å². The van der Waals surface area contributed by atoms with Crippen molar-refractivity contribution in [2.45, 2.75) is 50.5 Å². The second-order valence-corrected chi connectivity index (χ2v) is 9.29. The van der Waals surface area contributed by atoms with E-state index in [0.29, 0.717) is 38.3 Å². The molecule has 2 atom stereocenters. The zero-order valence-corrected chi connectivity index (χ0v) is 19.5. The van der Waals surface area contributed by atoms with Crippen molar-refractivity contribution in [2.24, 2.45) is 5.92 Å². The van der Waals surface area contributed by atoms with E-state index in [1.54, 1.807) is 0 Å². The number of hydrogen-bond donors (Lipinski definition) is 1. The van der Waals surface area contributed by atoms with Crippen LogP contribution in [0.15, 0.2) is 85.0 Å². The number of carbonyl (C=O) groups excluding carboxylic acids is 2. The van der Waals surface area contributed by atoms with Crippen molar-refractivity contribution in [1.82, 2.24) is 10.2 Å². The van der Waals surface area contributed by atoms with Crippen LogP contribution in [0.4, 0.5) is 0 Å². The number of piperidine rings is 1. The quantitative estimate of drug-likeness (QED) is 0.669. The van der Waals surface area contributed by atoms with Gasteiger partial charge in [0.15, 0.2) is 0 Å². The Morgan fingerprint density at radius 1 is 1.00 bits per heavy atom. The van der Waals surface area contributed by atoms with Gasteiger partial charge >= 0.3 is 0 Å². The van der Waals surface area contributed by atoms with Crippen LogP contribution < -0.4 is 5.32 Å². The molecule has 2 aliphatic rings. The SMILES string of the molecule is CC(NC(=O)C1(c2ccccc2)CCN(C(=O)CCc2ccccc2)CC1)C1C=CC=CC1. The van der Waals surface area contributed by atoms with E-state index in [9.17, 15) is 9.59 Å². The van der Waals surface area contributed by atoms with Crippen LogP contribution in [-0.4, -0.2) is 35.8 Å². The van der Waals surface area contributed by atoms with Gasteiger partial charge in [-0.3, -0.25) is 9.59 Å². The predicted molar refractivity (Wildman–Crippen MR) is 133 cm³/mol. The molecule has 2 aromatic carbocycles. The van der Waals surface area contributed by atoms with Crippen molar-refractivity contribution in [3.05, 3.63) is 96.1 Å². The number of likely N-dealkylation sites (tertiary alicyclic amines) is 1. The molecule has 1 aliphatic heterocycles. The highest BCUT2D eigenvalue weighted by Crippen LogP contribution is 2.36. The van der Waals surface area contributed by atoms with E-state index < -0.39 is 5.41 Å². The summed E-state index contributed by atoms with van der Waals surface area (Å²) in [5, 5.41) is 3.32. The second-order valence-electron chi connectivity index (χ2n) is 9.29. The monoisotopic (exact) mass is 442 g/mol. The number of benzene rings is 2. The highest BCUT2D eigenvalue weighted by Gasteiger charge is 2.44. The minimum absolute atomic E-state index is 0.0600. The topological polar surface area (TPSA) is 49.4 Å². The standard InChI is InChI=1S/C29H34N2O2/c1-23(25-13-7-3-8-14-25)30-28(33)29(26-15-9-4-10-16-26)19-21-31(22-20-29)27(32)18-17-24-11-5-2-6-12-24/h2-13,15-16,23,25H,14,17-22H2,1H3,(H,30,33). The van der Waals surface area contributed by atoms with Crippen LogP contribution in [0.2, 0.25) is 0 Å². The minimum Gasteiger partial charge on any atom is -0.352 e. The van der Waals surface area contributed by atoms with E-state index in [1.165, 1.54) is 5.56 Å². The molecular weight excluding hydrogens is 408 g/mol. The Labute approximate surface area is 197 Å². The van der Waals surface area contributed by atoms with E-state index in [0.717, 1.165) is 18.4 Å². The Kier molecular flexibility index (Phi) is 7.43. The number of amides is 2. The first-order chi connectivity index (χ1) is 16.1. The Morgan fingerprint density at radius 2 is 1.67 bits per heavy atom. The molecule has 4 nitrogen and oxygen atoms in total. The van der Waals surface area contributed by atoms with Gasteiger partial charge in [0.05, 0.1) is 5.41 Å². The molecule has 1 saturated heterocycles. The van der Waals surface area contributed by atoms with Crippen LogP contribution >= 0.6 is 0 Å². The summed E-state index contributed by atoms with van der Waals surface area (Å²) in [7, 11) is 0. The van der Waals surface area contributed by atoms with Gasteiger partial charge < -0.3 is 10.2 Å². The third-order valence-corrected chi connectivity index (χ3v) is 7.22. The molecule has 0 spiro atoms. The van der Waals surface area contributed by atoms with E-state index in [4.69, 9.17) is 0 Å². The molecule has 172 valence electrons. The molecular formula is C29H34N2O2. The van der Waals surface area contributed by atoms with Crippen LogP contribution in [0.3, 0.4) is 0 Å². The van der Waals surface area contributed by atoms with Crippen molar-refractivity contribution < 1.29 is 9.59 Å². The fraction of sp³-hybridized carbons (Fsp3) is 0.379. The summed E-state index contributed by atoms with van der Waals surface area (Å²) >= 11 is 0. The summed E-state index contributed by atoms with van der Waals surface area (Å²) < 4.78 is 0. The minimum atomic E-state index is -0.597. The summed E-state index contributed by atoms with van der Waals surface area (Å²) in [6.45, 7) is 3.31. The fourth-order valence-electron chi connectivity index (χ4n) is 5.02. The van der Waals surface area contributed by atoms with Gasteiger partial charge in [-0.2, -0.15) is 0 Å². The molecule has 0 bridgehead atoms. The number of nitrogens with zero attached hydrogens (tertiary/aromatic N) is 1. The van der Waals surface area contributed by atoms with Crippen LogP contribution in [0, 0.1) is 5.92 Å². The maximum Gasteiger partial charge on any atom is 0.231 e. The van der Waals surface area contributed by atoms with Gasteiger partial charge in [0, 0.05) is 31.5 Å². The number of rotatable bonds is 7. The van der Waals surface area contributed by atoms with Crippen LogP contribution in [0.25, 0.3) is 0 Å². The highest BCUT2D eigenvalue weighted by molar-refractivity contribution is 5.89. The first-order valence-electron chi connectivity index (χ1n) is 12.1. The molecule has 2 aromatic rings. The molecule has 2 unspecified atom stereocenters. The van der Waals surface area contributed by atoms with Gasteiger partial charge in [-0.1, -0.05) is 85.0 Å². The zero-order valence-electron chi connectivity index (χ0n) is 19.5. The first-order valence-corrected chi connectivity index (χ1v) is 12.1. The van der Waals surface area contributed by atoms with Crippen molar-refractivity contribution >= 4 is 11.8 Å². The molecule has 0 saturated carbocycles.